The highest BCUT2D eigenvalue weighted by molar-refractivity contribution is 5.88. The summed E-state index contributed by atoms with van der Waals surface area (Å²) in [5.41, 5.74) is 1.03. The second-order valence-corrected chi connectivity index (χ2v) is 5.31. The molecule has 3 saturated heterocycles. The van der Waals surface area contributed by atoms with E-state index in [4.69, 9.17) is 0 Å². The van der Waals surface area contributed by atoms with Crippen molar-refractivity contribution >= 4 is 5.78 Å². The zero-order chi connectivity index (χ0) is 11.8. The molecule has 90 valence electrons. The molecule has 3 heteroatoms. The van der Waals surface area contributed by atoms with Gasteiger partial charge in [-0.3, -0.25) is 14.7 Å². The first-order chi connectivity index (χ1) is 8.25. The van der Waals surface area contributed by atoms with E-state index in [9.17, 15) is 4.79 Å². The van der Waals surface area contributed by atoms with Crippen LogP contribution in [0.2, 0.25) is 0 Å². The van der Waals surface area contributed by atoms with Crippen molar-refractivity contribution in [3.63, 3.8) is 0 Å². The van der Waals surface area contributed by atoms with E-state index < -0.39 is 0 Å². The molecule has 0 spiro atoms. The van der Waals surface area contributed by atoms with Gasteiger partial charge in [-0.25, -0.2) is 0 Å². The maximum absolute atomic E-state index is 12.3. The van der Waals surface area contributed by atoms with Crippen molar-refractivity contribution in [2.45, 2.75) is 25.8 Å². The standard InChI is InChI=1S/C14H18N2O/c1-10-9-16-7-5-12(10)14(17)13(16)8-11-4-2-3-6-15-11/h2-4,6,10,12-13H,5,7-9H2,1H3. The van der Waals surface area contributed by atoms with Crippen LogP contribution in [0.1, 0.15) is 19.0 Å². The van der Waals surface area contributed by atoms with Gasteiger partial charge in [0.1, 0.15) is 0 Å². The average molecular weight is 230 g/mol. The highest BCUT2D eigenvalue weighted by Gasteiger charge is 2.44. The molecule has 4 atom stereocenters. The molecule has 3 nitrogen and oxygen atoms in total. The van der Waals surface area contributed by atoms with Crippen molar-refractivity contribution in [2.75, 3.05) is 13.1 Å². The van der Waals surface area contributed by atoms with Crippen LogP contribution in [0.4, 0.5) is 0 Å². The predicted octanol–water partition coefficient (Wildman–Crippen LogP) is 1.53. The number of carbonyl (C=O) groups excluding carboxylic acids is 1. The number of hydrogen-bond acceptors (Lipinski definition) is 3. The van der Waals surface area contributed by atoms with Gasteiger partial charge < -0.3 is 0 Å². The Labute approximate surface area is 102 Å². The smallest absolute Gasteiger partial charge is 0.153 e. The van der Waals surface area contributed by atoms with E-state index in [1.807, 2.05) is 18.2 Å². The molecule has 4 heterocycles. The molecule has 4 rings (SSSR count). The van der Waals surface area contributed by atoms with Gasteiger partial charge in [-0.1, -0.05) is 13.0 Å². The van der Waals surface area contributed by atoms with Crippen molar-refractivity contribution < 1.29 is 4.79 Å². The maximum Gasteiger partial charge on any atom is 0.153 e. The van der Waals surface area contributed by atoms with Crippen LogP contribution < -0.4 is 0 Å². The number of fused-ring (bicyclic) bond motifs is 3. The third-order valence-electron chi connectivity index (χ3n) is 4.20. The number of nitrogens with zero attached hydrogens (tertiary/aromatic N) is 2. The Morgan fingerprint density at radius 1 is 1.47 bits per heavy atom. The lowest BCUT2D eigenvalue weighted by Gasteiger charge is -2.47. The lowest BCUT2D eigenvalue weighted by Crippen LogP contribution is -2.59. The van der Waals surface area contributed by atoms with Crippen molar-refractivity contribution in [1.82, 2.24) is 9.88 Å². The van der Waals surface area contributed by atoms with E-state index in [1.54, 1.807) is 6.20 Å². The molecular weight excluding hydrogens is 212 g/mol. The lowest BCUT2D eigenvalue weighted by atomic mass is 9.74. The summed E-state index contributed by atoms with van der Waals surface area (Å²) in [5.74, 6) is 1.28. The fraction of sp³-hybridized carbons (Fsp3) is 0.571. The molecule has 0 aromatic carbocycles. The minimum absolute atomic E-state index is 0.0832. The Balaban J connectivity index is 1.78. The summed E-state index contributed by atoms with van der Waals surface area (Å²) in [6.45, 7) is 4.36. The first-order valence-corrected chi connectivity index (χ1v) is 6.43. The molecule has 0 saturated carbocycles. The van der Waals surface area contributed by atoms with Crippen LogP contribution in [0.5, 0.6) is 0 Å². The Morgan fingerprint density at radius 3 is 3.00 bits per heavy atom. The Bertz CT molecular complexity index is 417. The third-order valence-corrected chi connectivity index (χ3v) is 4.20. The molecule has 1 aromatic rings. The van der Waals surface area contributed by atoms with Crippen molar-refractivity contribution in [1.29, 1.82) is 0 Å². The molecule has 3 fully saturated rings. The van der Waals surface area contributed by atoms with E-state index >= 15 is 0 Å². The van der Waals surface area contributed by atoms with Gasteiger partial charge in [0.2, 0.25) is 0 Å². The maximum atomic E-state index is 12.3. The molecule has 17 heavy (non-hydrogen) atoms. The Morgan fingerprint density at radius 2 is 2.35 bits per heavy atom. The molecule has 4 unspecified atom stereocenters. The molecule has 2 bridgehead atoms. The summed E-state index contributed by atoms with van der Waals surface area (Å²) >= 11 is 0. The number of hydrogen-bond donors (Lipinski definition) is 0. The SMILES string of the molecule is CC1CN2CCC1C(=O)C2Cc1ccccn1. The molecule has 1 aromatic heterocycles. The van der Waals surface area contributed by atoms with Gasteiger partial charge in [0.05, 0.1) is 6.04 Å². The highest BCUT2D eigenvalue weighted by Crippen LogP contribution is 2.34. The normalized spacial score (nSPS) is 36.2. The Kier molecular flexibility index (Phi) is 2.71. The van der Waals surface area contributed by atoms with Crippen LogP contribution in [0.25, 0.3) is 0 Å². The van der Waals surface area contributed by atoms with Crippen LogP contribution in [0, 0.1) is 11.8 Å². The topological polar surface area (TPSA) is 33.2 Å². The van der Waals surface area contributed by atoms with Crippen LogP contribution in [0.3, 0.4) is 0 Å². The largest absolute Gasteiger partial charge is 0.298 e. The fourth-order valence-electron chi connectivity index (χ4n) is 3.26. The van der Waals surface area contributed by atoms with Gasteiger partial charge in [0, 0.05) is 30.8 Å². The number of rotatable bonds is 2. The van der Waals surface area contributed by atoms with Crippen LogP contribution >= 0.6 is 0 Å². The number of ketones is 1. The number of carbonyl (C=O) groups is 1. The summed E-state index contributed by atoms with van der Waals surface area (Å²) in [5, 5.41) is 0. The summed E-state index contributed by atoms with van der Waals surface area (Å²) in [7, 11) is 0. The summed E-state index contributed by atoms with van der Waals surface area (Å²) in [4.78, 5) is 19.0. The van der Waals surface area contributed by atoms with Crippen molar-refractivity contribution in [3.8, 4) is 0 Å². The lowest BCUT2D eigenvalue weighted by molar-refractivity contribution is -0.140. The number of pyridine rings is 1. The fourth-order valence-corrected chi connectivity index (χ4v) is 3.26. The molecular formula is C14H18N2O. The first-order valence-electron chi connectivity index (χ1n) is 6.43. The third kappa shape index (κ3) is 1.89. The quantitative estimate of drug-likeness (QED) is 0.772. The highest BCUT2D eigenvalue weighted by atomic mass is 16.1. The van der Waals surface area contributed by atoms with Gasteiger partial charge in [-0.05, 0) is 31.0 Å². The number of Topliss-reactive ketones (excluding diaryl/α,β-unsaturated/α-hetero) is 1. The predicted molar refractivity (Wildman–Crippen MR) is 65.6 cm³/mol. The van der Waals surface area contributed by atoms with Crippen molar-refractivity contribution in [3.05, 3.63) is 30.1 Å². The van der Waals surface area contributed by atoms with Gasteiger partial charge in [-0.15, -0.1) is 0 Å². The zero-order valence-corrected chi connectivity index (χ0v) is 10.2. The minimum atomic E-state index is 0.0832. The minimum Gasteiger partial charge on any atom is -0.298 e. The monoisotopic (exact) mass is 230 g/mol. The average Bonchev–Trinajstić information content (AvgIpc) is 2.35. The zero-order valence-electron chi connectivity index (χ0n) is 10.2. The van der Waals surface area contributed by atoms with Crippen LogP contribution in [-0.4, -0.2) is 34.8 Å². The van der Waals surface area contributed by atoms with E-state index in [1.165, 1.54) is 0 Å². The number of piperidine rings is 3. The second-order valence-electron chi connectivity index (χ2n) is 5.31. The molecule has 0 radical (unpaired) electrons. The molecule has 3 aliphatic rings. The van der Waals surface area contributed by atoms with E-state index in [0.717, 1.165) is 31.6 Å². The van der Waals surface area contributed by atoms with E-state index in [2.05, 4.69) is 16.8 Å². The summed E-state index contributed by atoms with van der Waals surface area (Å²) in [6.07, 6.45) is 3.64. The van der Waals surface area contributed by atoms with Gasteiger partial charge >= 0.3 is 0 Å². The summed E-state index contributed by atoms with van der Waals surface area (Å²) in [6, 6.07) is 6.01. The van der Waals surface area contributed by atoms with E-state index in [0.29, 0.717) is 17.6 Å². The van der Waals surface area contributed by atoms with Crippen LogP contribution in [0.15, 0.2) is 24.4 Å². The molecule has 0 N–H and O–H groups in total. The number of aromatic nitrogens is 1. The van der Waals surface area contributed by atoms with Crippen molar-refractivity contribution in [2.24, 2.45) is 11.8 Å². The second kappa shape index (κ2) is 4.22. The van der Waals surface area contributed by atoms with Gasteiger partial charge in [0.15, 0.2) is 5.78 Å². The van der Waals surface area contributed by atoms with Gasteiger partial charge in [0.25, 0.3) is 0 Å². The Hall–Kier alpha value is -1.22. The van der Waals surface area contributed by atoms with Crippen LogP contribution in [-0.2, 0) is 11.2 Å². The summed E-state index contributed by atoms with van der Waals surface area (Å²) < 4.78 is 0. The van der Waals surface area contributed by atoms with Gasteiger partial charge in [-0.2, -0.15) is 0 Å². The molecule has 3 aliphatic heterocycles. The molecule has 0 amide bonds. The van der Waals surface area contributed by atoms with E-state index in [-0.39, 0.29) is 6.04 Å². The first kappa shape index (κ1) is 10.9. The molecule has 0 aliphatic carbocycles.